The lowest BCUT2D eigenvalue weighted by Gasteiger charge is -2.34. The van der Waals surface area contributed by atoms with Crippen LogP contribution >= 0.6 is 0 Å². The van der Waals surface area contributed by atoms with E-state index in [2.05, 4.69) is 29.6 Å². The Morgan fingerprint density at radius 2 is 1.76 bits per heavy atom. The highest BCUT2D eigenvalue weighted by Crippen LogP contribution is 2.54. The number of piperidine rings is 1. The molecule has 0 spiro atoms. The standard InChI is InChI=1S/C27H30N2O5/c1-2-18(14-24(30)29-13-7-8-17-15-27(17,29)25(31)32)28-26(33)34-16-23-21-11-5-3-9-19(21)20-10-4-6-12-22(20)23/h3-6,9-12,17-18,23H,2,7-8,13-16H2,1H3,(H,28,33)(H,31,32). The van der Waals surface area contributed by atoms with Crippen molar-refractivity contribution in [3.8, 4) is 11.1 Å². The Balaban J connectivity index is 1.20. The van der Waals surface area contributed by atoms with E-state index in [9.17, 15) is 19.5 Å². The molecular weight excluding hydrogens is 432 g/mol. The topological polar surface area (TPSA) is 95.9 Å². The van der Waals surface area contributed by atoms with E-state index in [1.54, 1.807) is 0 Å². The second-order valence-corrected chi connectivity index (χ2v) is 9.60. The summed E-state index contributed by atoms with van der Waals surface area (Å²) in [5, 5.41) is 12.5. The van der Waals surface area contributed by atoms with Crippen LogP contribution in [0.5, 0.6) is 0 Å². The van der Waals surface area contributed by atoms with E-state index >= 15 is 0 Å². The van der Waals surface area contributed by atoms with E-state index in [4.69, 9.17) is 4.74 Å². The first-order valence-corrected chi connectivity index (χ1v) is 12.1. The summed E-state index contributed by atoms with van der Waals surface area (Å²) in [5.74, 6) is -1.10. The molecule has 7 heteroatoms. The van der Waals surface area contributed by atoms with E-state index in [1.807, 2.05) is 31.2 Å². The third kappa shape index (κ3) is 3.73. The Morgan fingerprint density at radius 1 is 1.12 bits per heavy atom. The number of aliphatic carboxylic acids is 1. The quantitative estimate of drug-likeness (QED) is 0.644. The molecular formula is C27H30N2O5. The molecule has 0 aromatic heterocycles. The number of carboxylic acid groups (broad SMARTS) is 1. The van der Waals surface area contributed by atoms with Crippen LogP contribution in [-0.4, -0.2) is 52.7 Å². The fraction of sp³-hybridized carbons (Fsp3) is 0.444. The van der Waals surface area contributed by atoms with Crippen LogP contribution in [0, 0.1) is 5.92 Å². The number of rotatable bonds is 7. The Labute approximate surface area is 199 Å². The number of carboxylic acids is 1. The number of fused-ring (bicyclic) bond motifs is 4. The molecule has 3 unspecified atom stereocenters. The van der Waals surface area contributed by atoms with Crippen LogP contribution in [0.1, 0.15) is 56.1 Å². The predicted octanol–water partition coefficient (Wildman–Crippen LogP) is 4.16. The fourth-order valence-electron chi connectivity index (χ4n) is 5.83. The number of likely N-dealkylation sites (tertiary alicyclic amines) is 1. The van der Waals surface area contributed by atoms with Gasteiger partial charge >= 0.3 is 12.1 Å². The number of ether oxygens (including phenoxy) is 1. The second-order valence-electron chi connectivity index (χ2n) is 9.60. The van der Waals surface area contributed by atoms with Crippen LogP contribution in [0.15, 0.2) is 48.5 Å². The third-order valence-corrected chi connectivity index (χ3v) is 7.74. The lowest BCUT2D eigenvalue weighted by atomic mass is 9.98. The molecule has 3 atom stereocenters. The molecule has 0 bridgehead atoms. The van der Waals surface area contributed by atoms with E-state index in [0.717, 1.165) is 35.1 Å². The predicted molar refractivity (Wildman–Crippen MR) is 126 cm³/mol. The molecule has 5 rings (SSSR count). The molecule has 2 amide bonds. The minimum atomic E-state index is -1.03. The Hall–Kier alpha value is -3.35. The zero-order chi connectivity index (χ0) is 23.9. The van der Waals surface area contributed by atoms with Gasteiger partial charge in [0.05, 0.1) is 0 Å². The summed E-state index contributed by atoms with van der Waals surface area (Å²) < 4.78 is 5.62. The van der Waals surface area contributed by atoms with Crippen molar-refractivity contribution in [3.63, 3.8) is 0 Å². The minimum absolute atomic E-state index is 0.0320. The highest BCUT2D eigenvalue weighted by molar-refractivity contribution is 5.91. The molecule has 34 heavy (non-hydrogen) atoms. The molecule has 2 fully saturated rings. The summed E-state index contributed by atoms with van der Waals surface area (Å²) in [6.07, 6.45) is 2.27. The normalized spacial score (nSPS) is 23.3. The van der Waals surface area contributed by atoms with Crippen molar-refractivity contribution in [2.24, 2.45) is 5.92 Å². The number of nitrogens with one attached hydrogen (secondary N) is 1. The molecule has 7 nitrogen and oxygen atoms in total. The SMILES string of the molecule is CCC(CC(=O)N1CCCC2CC21C(=O)O)NC(=O)OCC1c2ccccc2-c2ccccc21. The molecule has 2 N–H and O–H groups in total. The smallest absolute Gasteiger partial charge is 0.407 e. The Kier molecular flexibility index (Phi) is 5.80. The summed E-state index contributed by atoms with van der Waals surface area (Å²) in [4.78, 5) is 39.1. The molecule has 2 aromatic rings. The van der Waals surface area contributed by atoms with Crippen LogP contribution in [0.3, 0.4) is 0 Å². The van der Waals surface area contributed by atoms with Gasteiger partial charge in [0.2, 0.25) is 5.91 Å². The van der Waals surface area contributed by atoms with Gasteiger partial charge in [-0.1, -0.05) is 55.5 Å². The molecule has 1 heterocycles. The summed E-state index contributed by atoms with van der Waals surface area (Å²) >= 11 is 0. The van der Waals surface area contributed by atoms with Gasteiger partial charge in [-0.15, -0.1) is 0 Å². The average Bonchev–Trinajstić information content (AvgIpc) is 3.53. The van der Waals surface area contributed by atoms with Gasteiger partial charge in [0.1, 0.15) is 12.1 Å². The van der Waals surface area contributed by atoms with Crippen LogP contribution in [0.25, 0.3) is 11.1 Å². The van der Waals surface area contributed by atoms with Crippen molar-refractivity contribution >= 4 is 18.0 Å². The first-order chi connectivity index (χ1) is 16.5. The number of carbonyl (C=O) groups excluding carboxylic acids is 2. The summed E-state index contributed by atoms with van der Waals surface area (Å²) in [7, 11) is 0. The summed E-state index contributed by atoms with van der Waals surface area (Å²) in [6.45, 7) is 2.56. The average molecular weight is 463 g/mol. The first-order valence-electron chi connectivity index (χ1n) is 12.1. The number of hydrogen-bond acceptors (Lipinski definition) is 4. The summed E-state index contributed by atoms with van der Waals surface area (Å²) in [5.41, 5.74) is 3.58. The van der Waals surface area contributed by atoms with E-state index in [-0.39, 0.29) is 30.8 Å². The van der Waals surface area contributed by atoms with Crippen molar-refractivity contribution in [1.29, 1.82) is 0 Å². The van der Waals surface area contributed by atoms with Crippen molar-refractivity contribution in [2.45, 2.75) is 56.5 Å². The van der Waals surface area contributed by atoms with Gasteiger partial charge in [-0.05, 0) is 53.9 Å². The number of carbonyl (C=O) groups is 3. The number of amides is 2. The maximum absolute atomic E-state index is 13.0. The van der Waals surface area contributed by atoms with Crippen molar-refractivity contribution in [2.75, 3.05) is 13.2 Å². The van der Waals surface area contributed by atoms with Crippen molar-refractivity contribution < 1.29 is 24.2 Å². The Bertz CT molecular complexity index is 1090. The number of hydrogen-bond donors (Lipinski definition) is 2. The summed E-state index contributed by atoms with van der Waals surface area (Å²) in [6, 6.07) is 15.9. The van der Waals surface area contributed by atoms with Crippen LogP contribution in [0.2, 0.25) is 0 Å². The van der Waals surface area contributed by atoms with Crippen LogP contribution < -0.4 is 5.32 Å². The van der Waals surface area contributed by atoms with Gasteiger partial charge in [-0.25, -0.2) is 9.59 Å². The van der Waals surface area contributed by atoms with Gasteiger partial charge < -0.3 is 20.1 Å². The van der Waals surface area contributed by atoms with Crippen LogP contribution in [0.4, 0.5) is 4.79 Å². The lowest BCUT2D eigenvalue weighted by molar-refractivity contribution is -0.154. The van der Waals surface area contributed by atoms with E-state index < -0.39 is 23.6 Å². The third-order valence-electron chi connectivity index (χ3n) is 7.74. The van der Waals surface area contributed by atoms with Crippen molar-refractivity contribution in [1.82, 2.24) is 10.2 Å². The number of alkyl carbamates (subject to hydrolysis) is 1. The van der Waals surface area contributed by atoms with Gasteiger partial charge in [0.15, 0.2) is 0 Å². The zero-order valence-electron chi connectivity index (χ0n) is 19.3. The first kappa shape index (κ1) is 22.4. The van der Waals surface area contributed by atoms with Gasteiger partial charge in [0.25, 0.3) is 0 Å². The van der Waals surface area contributed by atoms with E-state index in [1.165, 1.54) is 4.90 Å². The van der Waals surface area contributed by atoms with Crippen LogP contribution in [-0.2, 0) is 14.3 Å². The Morgan fingerprint density at radius 3 is 2.38 bits per heavy atom. The van der Waals surface area contributed by atoms with Gasteiger partial charge in [-0.3, -0.25) is 4.79 Å². The van der Waals surface area contributed by atoms with E-state index in [0.29, 0.717) is 19.4 Å². The number of benzene rings is 2. The molecule has 1 saturated heterocycles. The molecule has 1 saturated carbocycles. The zero-order valence-corrected chi connectivity index (χ0v) is 19.3. The fourth-order valence-corrected chi connectivity index (χ4v) is 5.83. The molecule has 178 valence electrons. The lowest BCUT2D eigenvalue weighted by Crippen LogP contribution is -2.52. The maximum atomic E-state index is 13.0. The highest BCUT2D eigenvalue weighted by atomic mass is 16.5. The van der Waals surface area contributed by atoms with Gasteiger partial charge in [-0.2, -0.15) is 0 Å². The molecule has 1 aliphatic heterocycles. The monoisotopic (exact) mass is 462 g/mol. The molecule has 2 aromatic carbocycles. The molecule has 2 aliphatic carbocycles. The molecule has 3 aliphatic rings. The molecule has 0 radical (unpaired) electrons. The maximum Gasteiger partial charge on any atom is 0.407 e. The minimum Gasteiger partial charge on any atom is -0.479 e. The largest absolute Gasteiger partial charge is 0.479 e. The highest BCUT2D eigenvalue weighted by Gasteiger charge is 2.66. The van der Waals surface area contributed by atoms with Gasteiger partial charge in [0, 0.05) is 24.9 Å². The number of nitrogens with zero attached hydrogens (tertiary/aromatic N) is 1. The van der Waals surface area contributed by atoms with Crippen molar-refractivity contribution in [3.05, 3.63) is 59.7 Å². The second kappa shape index (κ2) is 8.78.